The molecule has 0 radical (unpaired) electrons. The lowest BCUT2D eigenvalue weighted by atomic mass is 9.68. The van der Waals surface area contributed by atoms with Crippen LogP contribution in [0.4, 0.5) is 0 Å². The Morgan fingerprint density at radius 3 is 2.42 bits per heavy atom. The monoisotopic (exact) mass is 254 g/mol. The van der Waals surface area contributed by atoms with Gasteiger partial charge in [-0.15, -0.1) is 0 Å². The molecule has 0 N–H and O–H groups in total. The normalized spacial score (nSPS) is 23.6. The first-order valence-electron chi connectivity index (χ1n) is 7.86. The number of fused-ring (bicyclic) bond motifs is 1. The van der Waals surface area contributed by atoms with E-state index >= 15 is 0 Å². The van der Waals surface area contributed by atoms with E-state index in [-0.39, 0.29) is 0 Å². The first kappa shape index (κ1) is 13.0. The molecule has 0 saturated heterocycles. The van der Waals surface area contributed by atoms with Crippen LogP contribution in [0.15, 0.2) is 35.4 Å². The summed E-state index contributed by atoms with van der Waals surface area (Å²) < 4.78 is 0. The number of rotatable bonds is 0. The molecule has 0 amide bonds. The largest absolute Gasteiger partial charge is 0.0700 e. The van der Waals surface area contributed by atoms with Gasteiger partial charge in [-0.1, -0.05) is 56.2 Å². The van der Waals surface area contributed by atoms with E-state index in [0.717, 1.165) is 0 Å². The Kier molecular flexibility index (Phi) is 3.28. The molecule has 0 spiro atoms. The fraction of sp³-hybridized carbons (Fsp3) is 0.579. The molecule has 0 aliphatic heterocycles. The molecule has 0 nitrogen and oxygen atoms in total. The Morgan fingerprint density at radius 1 is 0.895 bits per heavy atom. The summed E-state index contributed by atoms with van der Waals surface area (Å²) in [5, 5.41) is 0. The first-order valence-corrected chi connectivity index (χ1v) is 7.86. The molecular weight excluding hydrogens is 228 g/mol. The second-order valence-corrected chi connectivity index (χ2v) is 7.33. The third-order valence-electron chi connectivity index (χ3n) is 4.91. The van der Waals surface area contributed by atoms with Gasteiger partial charge < -0.3 is 0 Å². The Morgan fingerprint density at radius 2 is 1.63 bits per heavy atom. The van der Waals surface area contributed by atoms with Gasteiger partial charge in [0, 0.05) is 5.92 Å². The van der Waals surface area contributed by atoms with Crippen molar-refractivity contribution in [2.75, 3.05) is 0 Å². The van der Waals surface area contributed by atoms with Gasteiger partial charge in [-0.05, 0) is 55.1 Å². The van der Waals surface area contributed by atoms with Gasteiger partial charge in [0.05, 0.1) is 0 Å². The van der Waals surface area contributed by atoms with Gasteiger partial charge >= 0.3 is 0 Å². The minimum absolute atomic E-state index is 0.332. The third-order valence-corrected chi connectivity index (χ3v) is 4.91. The third kappa shape index (κ3) is 2.38. The van der Waals surface area contributed by atoms with Crippen molar-refractivity contribution in [2.45, 2.75) is 65.2 Å². The van der Waals surface area contributed by atoms with E-state index in [4.69, 9.17) is 0 Å². The molecule has 1 aromatic carbocycles. The van der Waals surface area contributed by atoms with Crippen LogP contribution in [0.2, 0.25) is 0 Å². The lowest BCUT2D eigenvalue weighted by Crippen LogP contribution is -2.22. The second kappa shape index (κ2) is 4.81. The quantitative estimate of drug-likeness (QED) is 0.526. The van der Waals surface area contributed by atoms with Gasteiger partial charge in [0.1, 0.15) is 0 Å². The average Bonchev–Trinajstić information content (AvgIpc) is 2.54. The lowest BCUT2D eigenvalue weighted by Gasteiger charge is -2.36. The zero-order valence-corrected chi connectivity index (χ0v) is 12.6. The average molecular weight is 254 g/mol. The predicted octanol–water partition coefficient (Wildman–Crippen LogP) is 5.63. The van der Waals surface area contributed by atoms with Crippen LogP contribution >= 0.6 is 0 Å². The maximum Gasteiger partial charge on any atom is 0.0102 e. The van der Waals surface area contributed by atoms with Gasteiger partial charge in [-0.3, -0.25) is 0 Å². The molecule has 0 saturated carbocycles. The van der Waals surface area contributed by atoms with Crippen LogP contribution in [0, 0.1) is 5.41 Å². The molecule has 0 heteroatoms. The van der Waals surface area contributed by atoms with Crippen LogP contribution in [-0.2, 0) is 6.42 Å². The molecule has 1 atom stereocenters. The number of aryl methyl sites for hydroxylation is 1. The van der Waals surface area contributed by atoms with E-state index in [1.165, 1.54) is 38.5 Å². The van der Waals surface area contributed by atoms with Gasteiger partial charge in [0.25, 0.3) is 0 Å². The fourth-order valence-electron chi connectivity index (χ4n) is 4.13. The van der Waals surface area contributed by atoms with Gasteiger partial charge in [0.2, 0.25) is 0 Å². The van der Waals surface area contributed by atoms with Crippen molar-refractivity contribution in [1.29, 1.82) is 0 Å². The molecule has 2 aliphatic rings. The van der Waals surface area contributed by atoms with Crippen LogP contribution in [0.25, 0.3) is 0 Å². The molecule has 3 rings (SSSR count). The Labute approximate surface area is 117 Å². The SMILES string of the molecule is CC(C)(C)C1C2=C(CCCC2)CCc2ccccc21. The molecule has 102 valence electrons. The van der Waals surface area contributed by atoms with Gasteiger partial charge in [0.15, 0.2) is 0 Å². The first-order chi connectivity index (χ1) is 9.07. The molecule has 2 aliphatic carbocycles. The van der Waals surface area contributed by atoms with Crippen molar-refractivity contribution in [3.63, 3.8) is 0 Å². The van der Waals surface area contributed by atoms with Crippen LogP contribution in [-0.4, -0.2) is 0 Å². The maximum absolute atomic E-state index is 2.42. The van der Waals surface area contributed by atoms with E-state index < -0.39 is 0 Å². The molecule has 0 heterocycles. The van der Waals surface area contributed by atoms with Crippen molar-refractivity contribution in [2.24, 2.45) is 5.41 Å². The fourth-order valence-corrected chi connectivity index (χ4v) is 4.13. The highest BCUT2D eigenvalue weighted by Gasteiger charge is 2.34. The van der Waals surface area contributed by atoms with E-state index in [9.17, 15) is 0 Å². The summed E-state index contributed by atoms with van der Waals surface area (Å²) in [6.07, 6.45) is 8.06. The van der Waals surface area contributed by atoms with Crippen LogP contribution < -0.4 is 0 Å². The highest BCUT2D eigenvalue weighted by atomic mass is 14.4. The van der Waals surface area contributed by atoms with Crippen LogP contribution in [0.5, 0.6) is 0 Å². The number of benzene rings is 1. The topological polar surface area (TPSA) is 0 Å². The Balaban J connectivity index is 2.15. The number of hydrogen-bond acceptors (Lipinski definition) is 0. The van der Waals surface area contributed by atoms with E-state index in [0.29, 0.717) is 11.3 Å². The summed E-state index contributed by atoms with van der Waals surface area (Å²) in [6, 6.07) is 9.18. The highest BCUT2D eigenvalue weighted by molar-refractivity contribution is 5.43. The minimum Gasteiger partial charge on any atom is -0.0700 e. The number of allylic oxidation sites excluding steroid dienone is 2. The zero-order chi connectivity index (χ0) is 13.5. The van der Waals surface area contributed by atoms with Crippen molar-refractivity contribution < 1.29 is 0 Å². The zero-order valence-electron chi connectivity index (χ0n) is 12.6. The van der Waals surface area contributed by atoms with Crippen molar-refractivity contribution in [3.05, 3.63) is 46.5 Å². The summed E-state index contributed by atoms with van der Waals surface area (Å²) in [5.74, 6) is 0.640. The highest BCUT2D eigenvalue weighted by Crippen LogP contribution is 2.49. The Bertz CT molecular complexity index is 499. The van der Waals surface area contributed by atoms with Crippen molar-refractivity contribution >= 4 is 0 Å². The lowest BCUT2D eigenvalue weighted by molar-refractivity contribution is 0.341. The minimum atomic E-state index is 0.332. The molecule has 0 fully saturated rings. The van der Waals surface area contributed by atoms with E-state index in [1.807, 2.05) is 0 Å². The summed E-state index contributed by atoms with van der Waals surface area (Å²) >= 11 is 0. The molecule has 1 unspecified atom stereocenters. The predicted molar refractivity (Wildman–Crippen MR) is 82.5 cm³/mol. The molecule has 1 aromatic rings. The van der Waals surface area contributed by atoms with E-state index in [2.05, 4.69) is 45.0 Å². The summed E-state index contributed by atoms with van der Waals surface area (Å²) in [4.78, 5) is 0. The van der Waals surface area contributed by atoms with E-state index in [1.54, 1.807) is 22.3 Å². The summed E-state index contributed by atoms with van der Waals surface area (Å²) in [5.41, 5.74) is 7.13. The van der Waals surface area contributed by atoms with Gasteiger partial charge in [-0.25, -0.2) is 0 Å². The maximum atomic E-state index is 2.42. The molecule has 19 heavy (non-hydrogen) atoms. The second-order valence-electron chi connectivity index (χ2n) is 7.33. The van der Waals surface area contributed by atoms with Crippen LogP contribution in [0.1, 0.15) is 69.9 Å². The molecular formula is C19H26. The standard InChI is InChI=1S/C19H26/c1-19(2,3)18-16-10-6-4-8-14(16)12-13-15-9-5-7-11-17(15)18/h4,6,8,10,18H,5,7,9,11-13H2,1-3H3. The summed E-state index contributed by atoms with van der Waals surface area (Å²) in [6.45, 7) is 7.25. The Hall–Kier alpha value is -1.04. The van der Waals surface area contributed by atoms with Gasteiger partial charge in [-0.2, -0.15) is 0 Å². The smallest absolute Gasteiger partial charge is 0.0102 e. The molecule has 0 bridgehead atoms. The number of hydrogen-bond donors (Lipinski definition) is 0. The summed E-state index contributed by atoms with van der Waals surface area (Å²) in [7, 11) is 0. The molecule has 0 aromatic heterocycles. The van der Waals surface area contributed by atoms with Crippen molar-refractivity contribution in [3.8, 4) is 0 Å². The van der Waals surface area contributed by atoms with Crippen LogP contribution in [0.3, 0.4) is 0 Å². The van der Waals surface area contributed by atoms with Crippen molar-refractivity contribution in [1.82, 2.24) is 0 Å².